The van der Waals surface area contributed by atoms with Crippen molar-refractivity contribution in [2.24, 2.45) is 0 Å². The molecule has 0 aliphatic carbocycles. The monoisotopic (exact) mass is 1890 g/mol. The summed E-state index contributed by atoms with van der Waals surface area (Å²) >= 11 is 0. The Morgan fingerprint density at radius 3 is 1.21 bits per heavy atom. The topological polar surface area (TPSA) is 321 Å². The van der Waals surface area contributed by atoms with Gasteiger partial charge in [-0.3, -0.25) is 14.9 Å². The molecular formula is C105H92N14O12S3Si2. The molecule has 0 bridgehead atoms. The molecule has 0 saturated carbocycles. The number of carbonyl (C=O) groups excluding carboxylic acids is 1. The highest BCUT2D eigenvalue weighted by molar-refractivity contribution is 7.90. The Labute approximate surface area is 787 Å². The maximum Gasteiger partial charge on any atom is 0.282 e. The smallest absolute Gasteiger partial charge is 0.282 e. The molecule has 14 heterocycles. The summed E-state index contributed by atoms with van der Waals surface area (Å²) in [5, 5.41) is 14.4. The number of rotatable bonds is 21. The van der Waals surface area contributed by atoms with Crippen LogP contribution in [0.5, 0.6) is 23.0 Å². The van der Waals surface area contributed by atoms with Crippen molar-refractivity contribution in [3.63, 3.8) is 0 Å². The van der Waals surface area contributed by atoms with Crippen molar-refractivity contribution < 1.29 is 52.8 Å². The van der Waals surface area contributed by atoms with Gasteiger partial charge in [0.25, 0.3) is 30.1 Å². The van der Waals surface area contributed by atoms with Gasteiger partial charge < -0.3 is 31.2 Å². The van der Waals surface area contributed by atoms with Crippen LogP contribution in [0, 0.1) is 0 Å². The maximum atomic E-state index is 13.3. The van der Waals surface area contributed by atoms with Gasteiger partial charge in [-0.25, -0.2) is 49.7 Å². The zero-order valence-electron chi connectivity index (χ0n) is 75.7. The average molecular weight is 1890 g/mol. The Morgan fingerprint density at radius 2 is 0.772 bits per heavy atom. The Hall–Kier alpha value is -15.8. The van der Waals surface area contributed by atoms with Crippen LogP contribution in [0.15, 0.2) is 395 Å². The van der Waals surface area contributed by atoms with Crippen LogP contribution in [0.1, 0.15) is 52.1 Å². The molecule has 0 radical (unpaired) electrons. The van der Waals surface area contributed by atoms with E-state index in [0.717, 1.165) is 122 Å². The lowest BCUT2D eigenvalue weighted by Crippen LogP contribution is -2.45. The van der Waals surface area contributed by atoms with Crippen molar-refractivity contribution in [3.05, 3.63) is 372 Å². The summed E-state index contributed by atoms with van der Waals surface area (Å²) in [4.78, 5) is 39.3. The SMILES string of the molecule is CC(C)(C)[Si](C)(C)n1cc(-c2cnn(S(=O)(=O)c3ccccc3)c2)c2cc(-c3ccccc3Oc3ccccc3)cnc21.CC(C)(C)[Si](C)(C)n1cc(-c2coc(C=O)c2)c2cc(-c3ccccc3Oc3ccccc3)cnc21.O=S(=O)(c1ccccc1)n1cc(-c2ccoc2)c2cc(-c3ccccn3)cnc21.O=S(=O)(c1ccccc1)n1cc(-c2ccoc2)c2cc(-c3ncn[nH]3)cnc21. The second-order valence-electron chi connectivity index (χ2n) is 35.3. The molecule has 0 saturated heterocycles. The summed E-state index contributed by atoms with van der Waals surface area (Å²) in [5.41, 5.74) is 14.9. The lowest BCUT2D eigenvalue weighted by Gasteiger charge is -2.38. The number of aromatic nitrogens is 14. The van der Waals surface area contributed by atoms with Crippen LogP contribution in [0.3, 0.4) is 0 Å². The van der Waals surface area contributed by atoms with E-state index in [1.54, 1.807) is 178 Å². The van der Waals surface area contributed by atoms with Gasteiger partial charge in [-0.1, -0.05) is 201 Å². The molecule has 14 aromatic heterocycles. The van der Waals surface area contributed by atoms with Crippen LogP contribution < -0.4 is 9.47 Å². The van der Waals surface area contributed by atoms with E-state index in [1.807, 2.05) is 152 Å². The summed E-state index contributed by atoms with van der Waals surface area (Å²) in [5.74, 6) is 3.88. The molecule has 0 aliphatic rings. The molecule has 136 heavy (non-hydrogen) atoms. The highest BCUT2D eigenvalue weighted by Gasteiger charge is 2.41. The highest BCUT2D eigenvalue weighted by atomic mass is 32.2. The zero-order valence-corrected chi connectivity index (χ0v) is 80.1. The van der Waals surface area contributed by atoms with Crippen molar-refractivity contribution in [2.75, 3.05) is 0 Å². The van der Waals surface area contributed by atoms with Gasteiger partial charge in [-0.05, 0) is 137 Å². The summed E-state index contributed by atoms with van der Waals surface area (Å²) < 4.78 is 116. The van der Waals surface area contributed by atoms with Gasteiger partial charge in [-0.2, -0.15) is 22.7 Å². The number of aldehydes is 1. The fourth-order valence-corrected chi connectivity index (χ4v) is 23.2. The lowest BCUT2D eigenvalue weighted by molar-refractivity contribution is 0.110. The van der Waals surface area contributed by atoms with Gasteiger partial charge in [0, 0.05) is 155 Å². The molecule has 0 atom stereocenters. The predicted octanol–water partition coefficient (Wildman–Crippen LogP) is 24.8. The van der Waals surface area contributed by atoms with Gasteiger partial charge in [0.1, 0.15) is 40.6 Å². The van der Waals surface area contributed by atoms with Crippen molar-refractivity contribution in [3.8, 4) is 112 Å². The van der Waals surface area contributed by atoms with Crippen molar-refractivity contribution in [1.82, 2.24) is 65.7 Å². The van der Waals surface area contributed by atoms with Crippen molar-refractivity contribution in [2.45, 2.75) is 92.5 Å². The number of hydrogen-bond acceptors (Lipinski definition) is 20. The summed E-state index contributed by atoms with van der Waals surface area (Å²) in [6.07, 6.45) is 29.4. The second kappa shape index (κ2) is 37.0. The number of ether oxygens (including phenoxy) is 2. The molecule has 21 rings (SSSR count). The van der Waals surface area contributed by atoms with Crippen LogP contribution in [0.25, 0.3) is 134 Å². The number of benzene rings is 7. The van der Waals surface area contributed by atoms with Gasteiger partial charge in [0.05, 0.1) is 64.1 Å². The zero-order chi connectivity index (χ0) is 94.9. The number of fused-ring (bicyclic) bond motifs is 4. The Balaban J connectivity index is 0.000000122. The minimum absolute atomic E-state index is 0.0352. The fraction of sp³-hybridized carbons (Fsp3) is 0.114. The fourth-order valence-electron chi connectivity index (χ4n) is 15.6. The van der Waals surface area contributed by atoms with Gasteiger partial charge in [0.15, 0.2) is 45.6 Å². The van der Waals surface area contributed by atoms with E-state index in [0.29, 0.717) is 50.3 Å². The van der Waals surface area contributed by atoms with E-state index >= 15 is 0 Å². The molecule has 7 aromatic carbocycles. The Morgan fingerprint density at radius 1 is 0.368 bits per heavy atom. The number of carbonyl (C=O) groups is 1. The Kier molecular flexibility index (Phi) is 24.7. The normalized spacial score (nSPS) is 12.1. The predicted molar refractivity (Wildman–Crippen MR) is 533 cm³/mol. The molecule has 0 aliphatic heterocycles. The van der Waals surface area contributed by atoms with Crippen molar-refractivity contribution in [1.29, 1.82) is 0 Å². The van der Waals surface area contributed by atoms with E-state index in [4.69, 9.17) is 32.7 Å². The van der Waals surface area contributed by atoms with Crippen LogP contribution in [-0.4, -0.2) is 114 Å². The van der Waals surface area contributed by atoms with Gasteiger partial charge >= 0.3 is 0 Å². The van der Waals surface area contributed by atoms with Crippen molar-refractivity contribution >= 4 is 97.0 Å². The third kappa shape index (κ3) is 17.9. The number of aromatic amines is 1. The number of nitrogens with one attached hydrogen (secondary N) is 1. The highest BCUT2D eigenvalue weighted by Crippen LogP contribution is 2.47. The maximum absolute atomic E-state index is 13.3. The van der Waals surface area contributed by atoms with E-state index in [2.05, 4.69) is 136 Å². The molecule has 0 fully saturated rings. The first-order chi connectivity index (χ1) is 65.4. The molecule has 21 aromatic rings. The minimum Gasteiger partial charge on any atom is -0.472 e. The standard InChI is InChI=1S/C34H34N4O3SSi.C30H30N2O3Si.C22H15N3O3S.C19H13N5O3S/c1-34(2,3)43(4,5)37-24-31(26-22-36-38(23-26)42(39,40)28-16-10-7-11-17-28)30-20-25(21-35-33(30)37)29-18-12-13-19-32(29)41-27-14-8-6-9-15-27;1-30(2,3)36(4,5)32-18-27(22-15-24(19-33)34-20-22)26-16-21(17-31-29(26)32)25-13-9-10-14-28(25)35-23-11-7-6-8-12-23;26-29(27,18-6-2-1-3-7-18)25-14-20(16-9-11-28-15-16)19-12-17(13-24-22(19)25)21-8-4-5-10-23-21;25-28(26,15-4-2-1-3-5-15)24-10-17(13-6-7-27-11-13)16-8-14(9-20-19(16)24)18-21-12-22-23-18/h6-24H,1-5H3;6-20H,1-5H3;1-15H;1-12H,(H,21,22,23). The molecule has 0 amide bonds. The largest absolute Gasteiger partial charge is 0.472 e. The third-order valence-electron chi connectivity index (χ3n) is 24.8. The van der Waals surface area contributed by atoms with E-state index in [9.17, 15) is 30.0 Å². The quantitative estimate of drug-likeness (QED) is 0.0516. The van der Waals surface area contributed by atoms with Crippen LogP contribution in [-0.2, 0) is 30.1 Å². The average Bonchev–Trinajstić information content (AvgIpc) is 1.58. The third-order valence-corrected chi connectivity index (χ3v) is 40.2. The molecular weight excluding hydrogens is 1800 g/mol. The van der Waals surface area contributed by atoms with Crippen LogP contribution in [0.4, 0.5) is 0 Å². The Bertz CT molecular complexity index is 8250. The number of nitrogens with zero attached hydrogens (tertiary/aromatic N) is 13. The number of hydrogen-bond donors (Lipinski definition) is 1. The number of para-hydroxylation sites is 4. The lowest BCUT2D eigenvalue weighted by atomic mass is 10.0. The number of furan rings is 3. The molecule has 0 spiro atoms. The molecule has 26 nitrogen and oxygen atoms in total. The van der Waals surface area contributed by atoms with Crippen LogP contribution >= 0.6 is 0 Å². The van der Waals surface area contributed by atoms with E-state index in [1.165, 1.54) is 20.5 Å². The van der Waals surface area contributed by atoms with Gasteiger partial charge in [-0.15, -0.1) is 0 Å². The molecule has 1 N–H and O–H groups in total. The molecule has 31 heteroatoms. The van der Waals surface area contributed by atoms with E-state index < -0.39 is 46.5 Å². The first kappa shape index (κ1) is 90.7. The summed E-state index contributed by atoms with van der Waals surface area (Å²) in [7, 11) is -15.6. The molecule has 680 valence electrons. The van der Waals surface area contributed by atoms with E-state index in [-0.39, 0.29) is 24.8 Å². The first-order valence-electron chi connectivity index (χ1n) is 43.5. The number of pyridine rings is 5. The first-order valence-corrected chi connectivity index (χ1v) is 53.7. The number of H-pyrrole nitrogens is 1. The summed E-state index contributed by atoms with van der Waals surface area (Å²) in [6.45, 7) is 23.1. The minimum atomic E-state index is -3.84. The summed E-state index contributed by atoms with van der Waals surface area (Å²) in [6, 6.07) is 79.3. The van der Waals surface area contributed by atoms with Gasteiger partial charge in [0.2, 0.25) is 0 Å². The molecule has 0 unspecified atom stereocenters. The van der Waals surface area contributed by atoms with Crippen LogP contribution in [0.2, 0.25) is 36.3 Å². The second-order valence-corrected chi connectivity index (χ2v) is 50.9.